The number of rotatable bonds is 5. The molecular weight excluding hydrogens is 324 g/mol. The summed E-state index contributed by atoms with van der Waals surface area (Å²) >= 11 is 0. The first kappa shape index (κ1) is 16.6. The number of aryl methyl sites for hydroxylation is 1. The lowest BCUT2D eigenvalue weighted by atomic mass is 10.1. The minimum Gasteiger partial charge on any atom is -0.489 e. The summed E-state index contributed by atoms with van der Waals surface area (Å²) in [6, 6.07) is 8.55. The molecule has 0 aliphatic carbocycles. The summed E-state index contributed by atoms with van der Waals surface area (Å²) in [6.45, 7) is 5.62. The molecule has 2 aromatic heterocycles. The smallest absolute Gasteiger partial charge is 0.434 e. The van der Waals surface area contributed by atoms with Gasteiger partial charge in [0.1, 0.15) is 11.4 Å². The fourth-order valence-corrected chi connectivity index (χ4v) is 2.29. The van der Waals surface area contributed by atoms with Crippen molar-refractivity contribution in [2.45, 2.75) is 26.9 Å². The van der Waals surface area contributed by atoms with Crippen LogP contribution < -0.4 is 15.8 Å². The van der Waals surface area contributed by atoms with Crippen molar-refractivity contribution in [3.05, 3.63) is 52.3 Å². The van der Waals surface area contributed by atoms with Crippen LogP contribution in [0.3, 0.4) is 0 Å². The minimum absolute atomic E-state index is 0.107. The Hall–Kier alpha value is -3.29. The Bertz CT molecular complexity index is 951. The molecule has 8 nitrogen and oxygen atoms in total. The number of hydrogen-bond acceptors (Lipinski definition) is 5. The van der Waals surface area contributed by atoms with Gasteiger partial charge < -0.3 is 19.5 Å². The van der Waals surface area contributed by atoms with Crippen molar-refractivity contribution in [2.75, 3.05) is 5.32 Å². The maximum absolute atomic E-state index is 12.3. The number of H-pyrrole nitrogens is 2. The van der Waals surface area contributed by atoms with Crippen LogP contribution in [0, 0.1) is 6.92 Å². The highest BCUT2D eigenvalue weighted by Gasteiger charge is 2.15. The number of nitrogens with one attached hydrogen (secondary N) is 3. The molecule has 0 spiro atoms. The molecule has 0 aliphatic heterocycles. The van der Waals surface area contributed by atoms with Gasteiger partial charge in [0.15, 0.2) is 0 Å². The average Bonchev–Trinajstić information content (AvgIpc) is 3.17. The molecule has 25 heavy (non-hydrogen) atoms. The van der Waals surface area contributed by atoms with E-state index in [1.165, 1.54) is 0 Å². The van der Waals surface area contributed by atoms with Crippen molar-refractivity contribution in [2.24, 2.45) is 0 Å². The molecule has 130 valence electrons. The lowest BCUT2D eigenvalue weighted by molar-refractivity contribution is 0.102. The largest absolute Gasteiger partial charge is 0.489 e. The van der Waals surface area contributed by atoms with Crippen LogP contribution in [0.2, 0.25) is 0 Å². The number of aromatic amines is 2. The van der Waals surface area contributed by atoms with Crippen molar-refractivity contribution in [1.82, 2.24) is 15.2 Å². The van der Waals surface area contributed by atoms with E-state index < -0.39 is 5.76 Å². The van der Waals surface area contributed by atoms with Crippen molar-refractivity contribution in [3.63, 3.8) is 0 Å². The van der Waals surface area contributed by atoms with Crippen molar-refractivity contribution in [1.29, 1.82) is 0 Å². The third-order valence-corrected chi connectivity index (χ3v) is 3.35. The summed E-state index contributed by atoms with van der Waals surface area (Å²) in [6.07, 6.45) is -0.107. The number of amides is 1. The Labute approximate surface area is 143 Å². The maximum Gasteiger partial charge on any atom is 0.434 e. The quantitative estimate of drug-likeness (QED) is 0.660. The maximum atomic E-state index is 12.3. The van der Waals surface area contributed by atoms with E-state index in [0.29, 0.717) is 22.7 Å². The van der Waals surface area contributed by atoms with Gasteiger partial charge in [0.25, 0.3) is 5.91 Å². The molecule has 1 aromatic carbocycles. The van der Waals surface area contributed by atoms with E-state index in [9.17, 15) is 9.59 Å². The second-order valence-electron chi connectivity index (χ2n) is 5.80. The van der Waals surface area contributed by atoms with E-state index >= 15 is 0 Å². The summed E-state index contributed by atoms with van der Waals surface area (Å²) < 4.78 is 10.7. The van der Waals surface area contributed by atoms with Crippen LogP contribution >= 0.6 is 0 Å². The normalized spacial score (nSPS) is 10.9. The molecule has 2 heterocycles. The number of aromatic nitrogens is 3. The van der Waals surface area contributed by atoms with Gasteiger partial charge >= 0.3 is 5.76 Å². The van der Waals surface area contributed by atoms with Crippen LogP contribution in [-0.2, 0) is 0 Å². The number of hydrogen-bond donors (Lipinski definition) is 3. The Morgan fingerprint density at radius 3 is 2.68 bits per heavy atom. The summed E-state index contributed by atoms with van der Waals surface area (Å²) in [5.41, 5.74) is 2.42. The molecular formula is C17H18N4O4. The molecule has 3 N–H and O–H groups in total. The SMILES string of the molecule is Cc1ccc(C(=O)Nc2ccc(-c3n[nH]c(=O)o3)cc2OC(C)C)[nH]1. The molecule has 0 unspecified atom stereocenters. The van der Waals surface area contributed by atoms with Crippen LogP contribution in [0.1, 0.15) is 30.0 Å². The van der Waals surface area contributed by atoms with E-state index in [1.54, 1.807) is 24.3 Å². The first-order valence-electron chi connectivity index (χ1n) is 7.76. The lowest BCUT2D eigenvalue weighted by Crippen LogP contribution is -2.15. The number of benzene rings is 1. The van der Waals surface area contributed by atoms with Crippen LogP contribution in [0.5, 0.6) is 5.75 Å². The molecule has 0 bridgehead atoms. The van der Waals surface area contributed by atoms with Crippen molar-refractivity contribution >= 4 is 11.6 Å². The summed E-state index contributed by atoms with van der Waals surface area (Å²) in [5.74, 6) is -0.312. The van der Waals surface area contributed by atoms with Crippen molar-refractivity contribution < 1.29 is 13.9 Å². The van der Waals surface area contributed by atoms with Gasteiger partial charge in [0, 0.05) is 11.3 Å². The van der Waals surface area contributed by atoms with E-state index in [2.05, 4.69) is 20.5 Å². The van der Waals surface area contributed by atoms with E-state index in [-0.39, 0.29) is 17.9 Å². The molecule has 0 aliphatic rings. The lowest BCUT2D eigenvalue weighted by Gasteiger charge is -2.15. The van der Waals surface area contributed by atoms with E-state index in [1.807, 2.05) is 26.8 Å². The van der Waals surface area contributed by atoms with Gasteiger partial charge in [-0.15, -0.1) is 5.10 Å². The number of ether oxygens (including phenoxy) is 1. The molecule has 0 saturated heterocycles. The van der Waals surface area contributed by atoms with Gasteiger partial charge in [-0.05, 0) is 51.1 Å². The summed E-state index contributed by atoms with van der Waals surface area (Å²) in [7, 11) is 0. The van der Waals surface area contributed by atoms with Crippen LogP contribution in [0.25, 0.3) is 11.5 Å². The van der Waals surface area contributed by atoms with Crippen LogP contribution in [0.4, 0.5) is 5.69 Å². The summed E-state index contributed by atoms with van der Waals surface area (Å²) in [4.78, 5) is 26.4. The van der Waals surface area contributed by atoms with Gasteiger partial charge in [0.2, 0.25) is 5.89 Å². The third-order valence-electron chi connectivity index (χ3n) is 3.35. The van der Waals surface area contributed by atoms with Gasteiger partial charge in [-0.1, -0.05) is 0 Å². The summed E-state index contributed by atoms with van der Waals surface area (Å²) in [5, 5.41) is 8.82. The predicted octanol–water partition coefficient (Wildman–Crippen LogP) is 2.71. The Balaban J connectivity index is 1.92. The van der Waals surface area contributed by atoms with E-state index in [0.717, 1.165) is 5.69 Å². The molecule has 0 radical (unpaired) electrons. The van der Waals surface area contributed by atoms with Crippen molar-refractivity contribution in [3.8, 4) is 17.2 Å². The topological polar surface area (TPSA) is 113 Å². The zero-order chi connectivity index (χ0) is 18.0. The minimum atomic E-state index is -0.638. The number of carbonyl (C=O) groups is 1. The number of nitrogens with zero attached hydrogens (tertiary/aromatic N) is 1. The highest BCUT2D eigenvalue weighted by Crippen LogP contribution is 2.31. The number of anilines is 1. The average molecular weight is 342 g/mol. The van der Waals surface area contributed by atoms with Gasteiger partial charge in [0.05, 0.1) is 11.8 Å². The monoisotopic (exact) mass is 342 g/mol. The standard InChI is InChI=1S/C17H18N4O4/c1-9(2)24-14-8-11(16-20-21-17(23)25-16)5-7-12(14)19-15(22)13-6-4-10(3)18-13/h4-9,18H,1-3H3,(H,19,22)(H,21,23). The Kier molecular flexibility index (Phi) is 4.42. The molecule has 0 atom stereocenters. The molecule has 0 saturated carbocycles. The second kappa shape index (κ2) is 6.68. The fraction of sp³-hybridized carbons (Fsp3) is 0.235. The second-order valence-corrected chi connectivity index (χ2v) is 5.80. The van der Waals surface area contributed by atoms with Gasteiger partial charge in [-0.2, -0.15) is 0 Å². The Morgan fingerprint density at radius 1 is 1.28 bits per heavy atom. The Morgan fingerprint density at radius 2 is 2.08 bits per heavy atom. The van der Waals surface area contributed by atoms with Crippen LogP contribution in [-0.4, -0.2) is 27.2 Å². The fourth-order valence-electron chi connectivity index (χ4n) is 2.29. The first-order chi connectivity index (χ1) is 11.9. The highest BCUT2D eigenvalue weighted by molar-refractivity contribution is 6.04. The zero-order valence-electron chi connectivity index (χ0n) is 14.0. The molecule has 0 fully saturated rings. The molecule has 3 aromatic rings. The van der Waals surface area contributed by atoms with Gasteiger partial charge in [-0.3, -0.25) is 4.79 Å². The third kappa shape index (κ3) is 3.79. The number of carbonyl (C=O) groups excluding carboxylic acids is 1. The van der Waals surface area contributed by atoms with Crippen LogP contribution in [0.15, 0.2) is 39.5 Å². The predicted molar refractivity (Wildman–Crippen MR) is 91.8 cm³/mol. The first-order valence-corrected chi connectivity index (χ1v) is 7.76. The molecule has 3 rings (SSSR count). The zero-order valence-corrected chi connectivity index (χ0v) is 14.0. The molecule has 1 amide bonds. The van der Waals surface area contributed by atoms with E-state index in [4.69, 9.17) is 9.15 Å². The molecule has 8 heteroatoms. The highest BCUT2D eigenvalue weighted by atomic mass is 16.5. The van der Waals surface area contributed by atoms with Gasteiger partial charge in [-0.25, -0.2) is 9.89 Å².